The van der Waals surface area contributed by atoms with Gasteiger partial charge in [-0.2, -0.15) is 4.39 Å². The molecule has 6 nitrogen and oxygen atoms in total. The van der Waals surface area contributed by atoms with E-state index in [0.29, 0.717) is 23.2 Å². The number of halogens is 3. The van der Waals surface area contributed by atoms with Gasteiger partial charge in [-0.25, -0.2) is 5.48 Å². The van der Waals surface area contributed by atoms with Crippen molar-refractivity contribution in [2.45, 2.75) is 19.3 Å². The minimum Gasteiger partial charge on any atom is -0.351 e. The average molecular weight is 459 g/mol. The first-order chi connectivity index (χ1) is 12.9. The largest absolute Gasteiger partial charge is 0.351 e. The molecule has 0 atom stereocenters. The second-order valence-corrected chi connectivity index (χ2v) is 7.76. The Hall–Kier alpha value is -1.90. The topological polar surface area (TPSA) is 72.4 Å². The summed E-state index contributed by atoms with van der Waals surface area (Å²) < 4.78 is 16.4. The molecule has 1 aromatic heterocycles. The maximum absolute atomic E-state index is 14.6. The van der Waals surface area contributed by atoms with E-state index in [1.807, 2.05) is 0 Å². The molecule has 144 valence electrons. The van der Waals surface area contributed by atoms with Crippen LogP contribution in [0.4, 0.5) is 15.8 Å². The highest BCUT2D eigenvalue weighted by molar-refractivity contribution is 9.10. The van der Waals surface area contributed by atoms with Gasteiger partial charge in [0, 0.05) is 17.7 Å². The molecule has 0 unspecified atom stereocenters. The van der Waals surface area contributed by atoms with Crippen LogP contribution in [0.15, 0.2) is 33.7 Å². The minimum atomic E-state index is -1.08. The second-order valence-electron chi connectivity index (χ2n) is 6.44. The fourth-order valence-corrected chi connectivity index (χ4v) is 3.38. The number of aryl methyl sites for hydroxylation is 1. The van der Waals surface area contributed by atoms with E-state index in [4.69, 9.17) is 16.4 Å². The number of carbonyl (C=O) groups is 1. The van der Waals surface area contributed by atoms with Gasteiger partial charge < -0.3 is 9.88 Å². The van der Waals surface area contributed by atoms with Crippen LogP contribution >= 0.6 is 27.5 Å². The number of pyridine rings is 1. The Morgan fingerprint density at radius 3 is 2.81 bits per heavy atom. The van der Waals surface area contributed by atoms with Gasteiger partial charge in [0.1, 0.15) is 0 Å². The summed E-state index contributed by atoms with van der Waals surface area (Å²) in [6.45, 7) is 0.404. The number of hydroxylamine groups is 1. The van der Waals surface area contributed by atoms with Gasteiger partial charge in [0.25, 0.3) is 11.5 Å². The fourth-order valence-electron chi connectivity index (χ4n) is 2.66. The lowest BCUT2D eigenvalue weighted by atomic mass is 9.86. The molecule has 1 amide bonds. The predicted octanol–water partition coefficient (Wildman–Crippen LogP) is 4.15. The highest BCUT2D eigenvalue weighted by Gasteiger charge is 2.22. The fraction of sp³-hybridized carbons (Fsp3) is 0.333. The van der Waals surface area contributed by atoms with Crippen molar-refractivity contribution in [3.05, 3.63) is 55.6 Å². The quantitative estimate of drug-likeness (QED) is 0.638. The second kappa shape index (κ2) is 8.41. The van der Waals surface area contributed by atoms with Gasteiger partial charge in [-0.15, -0.1) is 0 Å². The van der Waals surface area contributed by atoms with Gasteiger partial charge >= 0.3 is 0 Å². The van der Waals surface area contributed by atoms with Gasteiger partial charge in [0.15, 0.2) is 0 Å². The Bertz CT molecular complexity index is 931. The first kappa shape index (κ1) is 19.9. The summed E-state index contributed by atoms with van der Waals surface area (Å²) in [5.41, 5.74) is 1.49. The van der Waals surface area contributed by atoms with Crippen LogP contribution in [0.2, 0.25) is 5.02 Å². The summed E-state index contributed by atoms with van der Waals surface area (Å²) in [6.07, 6.45) is 4.55. The molecule has 1 aliphatic carbocycles. The van der Waals surface area contributed by atoms with Crippen molar-refractivity contribution < 1.29 is 14.0 Å². The highest BCUT2D eigenvalue weighted by atomic mass is 79.9. The van der Waals surface area contributed by atoms with Crippen molar-refractivity contribution in [1.82, 2.24) is 10.0 Å². The van der Waals surface area contributed by atoms with E-state index in [2.05, 4.69) is 26.7 Å². The minimum absolute atomic E-state index is 0.0674. The molecule has 9 heteroatoms. The molecule has 0 aliphatic heterocycles. The van der Waals surface area contributed by atoms with E-state index in [1.165, 1.54) is 13.2 Å². The molecular weight excluding hydrogens is 441 g/mol. The van der Waals surface area contributed by atoms with Crippen molar-refractivity contribution in [1.29, 1.82) is 0 Å². The van der Waals surface area contributed by atoms with Gasteiger partial charge in [0.05, 0.1) is 28.6 Å². The Morgan fingerprint density at radius 1 is 1.44 bits per heavy atom. The summed E-state index contributed by atoms with van der Waals surface area (Å²) in [4.78, 5) is 29.7. The summed E-state index contributed by atoms with van der Waals surface area (Å²) in [7, 11) is 1.37. The van der Waals surface area contributed by atoms with Crippen molar-refractivity contribution in [2.24, 2.45) is 13.0 Å². The molecule has 1 saturated carbocycles. The molecule has 3 rings (SSSR count). The number of anilines is 2. The lowest BCUT2D eigenvalue weighted by Gasteiger charge is -2.24. The first-order valence-electron chi connectivity index (χ1n) is 8.40. The Balaban J connectivity index is 1.87. The number of hydrogen-bond acceptors (Lipinski definition) is 4. The van der Waals surface area contributed by atoms with Crippen LogP contribution in [0.25, 0.3) is 0 Å². The summed E-state index contributed by atoms with van der Waals surface area (Å²) >= 11 is 9.44. The standard InChI is InChI=1S/C18H18BrClFN3O3/c1-24-8-12(17(25)23-27-9-10-3-2-4-10)16(15(21)18(24)26)22-14-6-5-11(19)7-13(14)20/h5-8,10,22H,2-4,9H2,1H3,(H,23,25). The molecule has 27 heavy (non-hydrogen) atoms. The van der Waals surface area contributed by atoms with E-state index >= 15 is 0 Å². The van der Waals surface area contributed by atoms with Crippen LogP contribution < -0.4 is 16.4 Å². The number of benzene rings is 1. The van der Waals surface area contributed by atoms with Crippen molar-refractivity contribution in [2.75, 3.05) is 11.9 Å². The zero-order chi connectivity index (χ0) is 19.6. The maximum Gasteiger partial charge on any atom is 0.288 e. The smallest absolute Gasteiger partial charge is 0.288 e. The Morgan fingerprint density at radius 2 is 2.19 bits per heavy atom. The average Bonchev–Trinajstić information content (AvgIpc) is 2.59. The summed E-state index contributed by atoms with van der Waals surface area (Å²) in [6, 6.07) is 4.93. The Labute approximate surface area is 168 Å². The van der Waals surface area contributed by atoms with Gasteiger partial charge in [0.2, 0.25) is 5.82 Å². The first-order valence-corrected chi connectivity index (χ1v) is 9.57. The van der Waals surface area contributed by atoms with Crippen LogP contribution in [0.3, 0.4) is 0 Å². The van der Waals surface area contributed by atoms with Crippen LogP contribution in [0, 0.1) is 11.7 Å². The van der Waals surface area contributed by atoms with Gasteiger partial charge in [-0.05, 0) is 37.0 Å². The number of carbonyl (C=O) groups excluding carboxylic acids is 1. The Kier molecular flexibility index (Phi) is 6.18. The van der Waals surface area contributed by atoms with E-state index in [1.54, 1.807) is 18.2 Å². The highest BCUT2D eigenvalue weighted by Crippen LogP contribution is 2.30. The lowest BCUT2D eigenvalue weighted by Crippen LogP contribution is -2.31. The normalized spacial score (nSPS) is 13.9. The van der Waals surface area contributed by atoms with Crippen molar-refractivity contribution in [3.63, 3.8) is 0 Å². The zero-order valence-corrected chi connectivity index (χ0v) is 16.9. The number of nitrogens with zero attached hydrogens (tertiary/aromatic N) is 1. The summed E-state index contributed by atoms with van der Waals surface area (Å²) in [5, 5.41) is 3.05. The third kappa shape index (κ3) is 4.51. The van der Waals surface area contributed by atoms with E-state index in [0.717, 1.165) is 28.3 Å². The van der Waals surface area contributed by atoms with Crippen LogP contribution in [0.1, 0.15) is 29.6 Å². The molecule has 2 aromatic rings. The van der Waals surface area contributed by atoms with E-state index in [9.17, 15) is 14.0 Å². The molecule has 2 N–H and O–H groups in total. The van der Waals surface area contributed by atoms with Crippen LogP contribution in [-0.2, 0) is 11.9 Å². The number of aromatic nitrogens is 1. The molecule has 0 spiro atoms. The van der Waals surface area contributed by atoms with Crippen molar-refractivity contribution in [3.8, 4) is 0 Å². The zero-order valence-electron chi connectivity index (χ0n) is 14.5. The molecule has 1 fully saturated rings. The number of hydrogen-bond donors (Lipinski definition) is 2. The van der Waals surface area contributed by atoms with E-state index < -0.39 is 17.3 Å². The SMILES string of the molecule is Cn1cc(C(=O)NOCC2CCC2)c(Nc2ccc(Br)cc2Cl)c(F)c1=O. The van der Waals surface area contributed by atoms with Gasteiger partial charge in [-0.1, -0.05) is 34.0 Å². The maximum atomic E-state index is 14.6. The van der Waals surface area contributed by atoms with Crippen LogP contribution in [-0.4, -0.2) is 17.1 Å². The molecule has 1 heterocycles. The third-order valence-electron chi connectivity index (χ3n) is 4.46. The van der Waals surface area contributed by atoms with Crippen LogP contribution in [0.5, 0.6) is 0 Å². The van der Waals surface area contributed by atoms with Gasteiger partial charge in [-0.3, -0.25) is 14.4 Å². The molecule has 0 radical (unpaired) electrons. The third-order valence-corrected chi connectivity index (χ3v) is 5.27. The molecule has 1 aliphatic rings. The van der Waals surface area contributed by atoms with Crippen molar-refractivity contribution >= 4 is 44.8 Å². The molecule has 0 saturated heterocycles. The molecule has 0 bridgehead atoms. The summed E-state index contributed by atoms with van der Waals surface area (Å²) in [5.74, 6) is -1.30. The molecular formula is C18H18BrClFN3O3. The lowest BCUT2D eigenvalue weighted by molar-refractivity contribution is 0.00317. The molecule has 1 aromatic carbocycles. The predicted molar refractivity (Wildman–Crippen MR) is 105 cm³/mol. The number of amides is 1. The number of rotatable bonds is 6. The number of nitrogens with one attached hydrogen (secondary N) is 2. The monoisotopic (exact) mass is 457 g/mol. The van der Waals surface area contributed by atoms with E-state index in [-0.39, 0.29) is 11.3 Å².